The summed E-state index contributed by atoms with van der Waals surface area (Å²) in [6, 6.07) is 17.8. The lowest BCUT2D eigenvalue weighted by molar-refractivity contribution is -0.173. The number of hydrogen-bond acceptors (Lipinski definition) is 18. The van der Waals surface area contributed by atoms with E-state index in [1.54, 1.807) is 50.6 Å². The zero-order valence-electron chi connectivity index (χ0n) is 64.2. The van der Waals surface area contributed by atoms with Gasteiger partial charge in [-0.2, -0.15) is 0 Å². The van der Waals surface area contributed by atoms with Crippen LogP contribution in [0.2, 0.25) is 0 Å². The molecule has 570 valence electrons. The van der Waals surface area contributed by atoms with Gasteiger partial charge in [0.25, 0.3) is 10.0 Å². The van der Waals surface area contributed by atoms with Gasteiger partial charge in [-0.25, -0.2) is 18.0 Å². The second kappa shape index (κ2) is 36.8. The minimum absolute atomic E-state index is 0.0149. The molecule has 1 amide bonds. The summed E-state index contributed by atoms with van der Waals surface area (Å²) in [4.78, 5) is 57.1. The molecule has 2 saturated carbocycles. The van der Waals surface area contributed by atoms with Crippen LogP contribution in [0.1, 0.15) is 166 Å². The number of carboxylic acids is 1. The molecule has 4 heterocycles. The van der Waals surface area contributed by atoms with Gasteiger partial charge >= 0.3 is 17.9 Å². The molecule has 103 heavy (non-hydrogen) atoms. The van der Waals surface area contributed by atoms with Crippen molar-refractivity contribution in [1.82, 2.24) is 20.0 Å². The van der Waals surface area contributed by atoms with Crippen LogP contribution in [-0.2, 0) is 75.1 Å². The van der Waals surface area contributed by atoms with E-state index in [1.165, 1.54) is 23.3 Å². The summed E-state index contributed by atoms with van der Waals surface area (Å²) in [5.41, 5.74) is 4.73. The van der Waals surface area contributed by atoms with Crippen molar-refractivity contribution in [3.8, 4) is 5.75 Å². The van der Waals surface area contributed by atoms with E-state index < -0.39 is 21.9 Å². The average molecular weight is 1450 g/mol. The third kappa shape index (κ3) is 21.9. The number of fused-ring (bicyclic) bond motifs is 1. The van der Waals surface area contributed by atoms with Gasteiger partial charge in [0.1, 0.15) is 59.2 Å². The molecule has 7 aliphatic rings. The van der Waals surface area contributed by atoms with Gasteiger partial charge < -0.3 is 67.8 Å². The van der Waals surface area contributed by atoms with Crippen molar-refractivity contribution in [1.29, 1.82) is 0 Å². The number of carbonyl (C=O) groups is 4. The quantitative estimate of drug-likeness (QED) is 0.0168. The normalized spacial score (nSPS) is 27.7. The van der Waals surface area contributed by atoms with Crippen LogP contribution in [0.4, 0.5) is 5.69 Å². The highest BCUT2D eigenvalue weighted by Crippen LogP contribution is 2.61. The molecule has 21 nitrogen and oxygen atoms in total. The van der Waals surface area contributed by atoms with Crippen molar-refractivity contribution < 1.29 is 75.3 Å². The van der Waals surface area contributed by atoms with Crippen molar-refractivity contribution in [2.45, 2.75) is 210 Å². The minimum atomic E-state index is -3.97. The molecule has 10 rings (SSSR count). The monoisotopic (exact) mass is 1450 g/mol. The van der Waals surface area contributed by atoms with Gasteiger partial charge in [-0.05, 0) is 219 Å². The number of carboxylic acid groups (broad SMARTS) is 1. The van der Waals surface area contributed by atoms with E-state index in [2.05, 4.69) is 92.3 Å². The second-order valence-electron chi connectivity index (χ2n) is 30.5. The number of benzene rings is 3. The van der Waals surface area contributed by atoms with E-state index in [1.807, 2.05) is 78.4 Å². The Kier molecular flexibility index (Phi) is 29.4. The molecule has 2 spiro atoms. The number of epoxide rings is 4. The fourth-order valence-corrected chi connectivity index (χ4v) is 16.6. The van der Waals surface area contributed by atoms with E-state index in [9.17, 15) is 32.7 Å². The number of amides is 1. The zero-order chi connectivity index (χ0) is 75.0. The van der Waals surface area contributed by atoms with E-state index in [0.717, 1.165) is 107 Å². The topological polar surface area (TPSA) is 253 Å². The fraction of sp³-hybridized carbons (Fsp3) is 0.630. The standard InChI is InChI=1S/C29H41NO6.C28H48N2O6.C24H30N2O4S/c1-20(2)7-13-24-28(3,36-24)27-26(32-6)23(15-16-29(27)19-34-29)35-25(31)14-10-21-8-11-22(12-9-21)33-18-17-30(4)5;1-18(2)10-11-22-27(5,36-22)25-24(33-8)21(12-13-28(25)17-34-28)35-23(31)16-20(19(3)4)26(32)29-14-9-15-30(6)7;1-3-26(4-2)17-9-12-19-11-6-8-14-22(19)31(29,30)25-21-16-15-18-10-5-7-13-20(18)23(21)24(27)28/h7-12,14,23-24,26-27H,13,15-19H2,1-6H3;10,19-22,24-25H,9,11-17H2,1-8H3,(H,29,32);6,8-9,11-12,14-16,25H,3-5,7,10,13,17H2,1-2H3,(H,27,28)/b14-10+;;12-9-/t23-,24-,26-,27-,28+,29+;20-,21-,22-,24-,25-,27+,28+;/m11./s1. The van der Waals surface area contributed by atoms with Crippen LogP contribution in [0.25, 0.3) is 12.2 Å². The van der Waals surface area contributed by atoms with Gasteiger partial charge in [-0.3, -0.25) is 14.3 Å². The van der Waals surface area contributed by atoms with Crippen LogP contribution in [-0.4, -0.2) is 213 Å². The Hall–Kier alpha value is -6.31. The fourth-order valence-electron chi connectivity index (χ4n) is 15.3. The van der Waals surface area contributed by atoms with E-state index in [-0.39, 0.29) is 117 Å². The number of nitrogens with one attached hydrogen (secondary N) is 2. The van der Waals surface area contributed by atoms with Crippen molar-refractivity contribution in [3.63, 3.8) is 0 Å². The first-order valence-corrected chi connectivity index (χ1v) is 38.7. The van der Waals surface area contributed by atoms with Crippen LogP contribution in [0.15, 0.2) is 101 Å². The Bertz CT molecular complexity index is 3570. The maximum Gasteiger partial charge on any atom is 0.338 e. The van der Waals surface area contributed by atoms with Crippen LogP contribution in [0.3, 0.4) is 0 Å². The number of aryl methyl sites for hydroxylation is 1. The number of sulfonamides is 1. The molecular weight excluding hydrogens is 1330 g/mol. The van der Waals surface area contributed by atoms with Crippen molar-refractivity contribution in [3.05, 3.63) is 124 Å². The number of likely N-dealkylation sites (N-methyl/N-ethyl adjacent to an activating group) is 2. The molecule has 3 N–H and O–H groups in total. The number of rotatable bonds is 33. The van der Waals surface area contributed by atoms with Gasteiger partial charge in [0.2, 0.25) is 5.91 Å². The molecule has 3 aromatic rings. The first-order valence-electron chi connectivity index (χ1n) is 37.2. The predicted octanol–water partition coefficient (Wildman–Crippen LogP) is 12.0. The Balaban J connectivity index is 0.000000196. The third-order valence-corrected chi connectivity index (χ3v) is 22.9. The average Bonchev–Trinajstić information content (AvgIpc) is 1.54. The van der Waals surface area contributed by atoms with Crippen LogP contribution in [0.5, 0.6) is 5.75 Å². The number of allylic oxidation sites excluding steroid dienone is 2. The number of ether oxygens (including phenoxy) is 9. The molecular formula is C81H119N5O16S. The van der Waals surface area contributed by atoms with Gasteiger partial charge in [0.05, 0.1) is 65.7 Å². The maximum absolute atomic E-state index is 13.2. The largest absolute Gasteiger partial charge is 0.492 e. The predicted molar refractivity (Wildman–Crippen MR) is 402 cm³/mol. The molecule has 22 heteroatoms. The van der Waals surface area contributed by atoms with Gasteiger partial charge in [-0.15, -0.1) is 0 Å². The molecule has 0 bridgehead atoms. The summed E-state index contributed by atoms with van der Waals surface area (Å²) in [6.07, 6.45) is 19.4. The number of carbonyl (C=O) groups excluding carboxylic acids is 3. The SMILES string of the molecule is CCN(CC)C/C=C\c1ccccc1S(=O)(=O)Nc1ccc2c(c1C(=O)O)CCCC2.CO[C@@H]1[C@H](OC(=O)/C=C/c2ccc(OCCN(C)C)cc2)CC[C@]2(CO2)[C@H]1[C@@]1(C)O[C@@H]1CC=C(C)C.CO[C@@H]1[C@H](OC(=O)C[C@@H](C(=O)NCCCN(C)C)C(C)C)CC[C@]2(CO2)[C@H]1[C@@]1(C)O[C@@H]1CC=C(C)C. The summed E-state index contributed by atoms with van der Waals surface area (Å²) >= 11 is 0. The van der Waals surface area contributed by atoms with Crippen molar-refractivity contribution in [2.24, 2.45) is 23.7 Å². The van der Waals surface area contributed by atoms with Crippen LogP contribution in [0, 0.1) is 23.7 Å². The first-order chi connectivity index (χ1) is 49.0. The Labute approximate surface area is 613 Å². The van der Waals surface area contributed by atoms with Gasteiger partial charge in [0, 0.05) is 39.9 Å². The molecule has 3 aromatic carbocycles. The number of hydrogen-bond donors (Lipinski definition) is 3. The lowest BCUT2D eigenvalue weighted by atomic mass is 9.68. The van der Waals surface area contributed by atoms with Gasteiger partial charge in [-0.1, -0.05) is 99.5 Å². The van der Waals surface area contributed by atoms with E-state index >= 15 is 0 Å². The van der Waals surface area contributed by atoms with Gasteiger partial charge in [0.15, 0.2) is 0 Å². The Morgan fingerprint density at radius 2 is 1.30 bits per heavy atom. The highest BCUT2D eigenvalue weighted by molar-refractivity contribution is 7.92. The number of aromatic carboxylic acids is 1. The highest BCUT2D eigenvalue weighted by atomic mass is 32.2. The number of anilines is 1. The van der Waals surface area contributed by atoms with Crippen molar-refractivity contribution in [2.75, 3.05) is 106 Å². The molecule has 0 aromatic heterocycles. The van der Waals surface area contributed by atoms with Crippen molar-refractivity contribution >= 4 is 51.7 Å². The lowest BCUT2D eigenvalue weighted by Gasteiger charge is -2.42. The minimum Gasteiger partial charge on any atom is -0.492 e. The Morgan fingerprint density at radius 1 is 0.738 bits per heavy atom. The van der Waals surface area contributed by atoms with Crippen LogP contribution >= 0.6 is 0 Å². The molecule has 13 atom stereocenters. The number of nitrogens with zero attached hydrogens (tertiary/aromatic N) is 3. The summed E-state index contributed by atoms with van der Waals surface area (Å²) in [7, 11) is 7.44. The zero-order valence-corrected chi connectivity index (χ0v) is 65.0. The number of methoxy groups -OCH3 is 2. The third-order valence-electron chi connectivity index (χ3n) is 21.5. The van der Waals surface area contributed by atoms with E-state index in [4.69, 9.17) is 42.6 Å². The van der Waals surface area contributed by atoms with E-state index in [0.29, 0.717) is 51.2 Å². The highest BCUT2D eigenvalue weighted by Gasteiger charge is 2.73. The lowest BCUT2D eigenvalue weighted by Crippen LogP contribution is -2.55. The Morgan fingerprint density at radius 3 is 1.83 bits per heavy atom. The smallest absolute Gasteiger partial charge is 0.338 e. The summed E-state index contributed by atoms with van der Waals surface area (Å²) in [5.74, 6) is -1.50. The molecule has 4 saturated heterocycles. The molecule has 6 fully saturated rings. The second-order valence-corrected chi connectivity index (χ2v) is 32.1. The first kappa shape index (κ1) is 82.3. The van der Waals surface area contributed by atoms with Crippen LogP contribution < -0.4 is 14.8 Å². The number of esters is 2. The summed E-state index contributed by atoms with van der Waals surface area (Å²) in [5, 5.41) is 12.8. The maximum atomic E-state index is 13.2. The molecule has 0 unspecified atom stereocenters. The summed E-state index contributed by atoms with van der Waals surface area (Å²) in [6.45, 7) is 27.7. The molecule has 3 aliphatic carbocycles. The summed E-state index contributed by atoms with van der Waals surface area (Å²) < 4.78 is 83.1. The molecule has 4 aliphatic heterocycles. The molecule has 0 radical (unpaired) electrons.